The van der Waals surface area contributed by atoms with Gasteiger partial charge in [-0.15, -0.1) is 0 Å². The van der Waals surface area contributed by atoms with E-state index in [2.05, 4.69) is 12.2 Å². The summed E-state index contributed by atoms with van der Waals surface area (Å²) in [4.78, 5) is 42.7. The molecule has 2 aromatic carbocycles. The smallest absolute Gasteiger partial charge is 0.275 e. The summed E-state index contributed by atoms with van der Waals surface area (Å²) >= 11 is 0. The third-order valence-corrected chi connectivity index (χ3v) is 9.24. The SMILES string of the molecule is C[C@H]1[C@H]2C3CC([C@@H]12)N1C(=O)c2c(OCc4ccccc4)c(=O)c(C(=O)NCc4cc(F)c(F)cc4F)cn2C[C@@H]31. The number of nitrogens with one attached hydrogen (secondary N) is 1. The lowest BCUT2D eigenvalue weighted by Gasteiger charge is -2.40. The molecule has 7 nitrogen and oxygen atoms in total. The average Bonchev–Trinajstić information content (AvgIpc) is 3.27. The first-order valence-corrected chi connectivity index (χ1v) is 13.4. The highest BCUT2D eigenvalue weighted by Gasteiger charge is 2.70. The standard InChI is InChI=1S/C30H26F3N3O4/c1-14-24-17-8-22(25(14)24)36-23(17)12-35-11-18(29(38)34-10-16-7-20(32)21(33)9-19(16)31)27(37)28(26(35)30(36)39)40-13-15-5-3-2-4-6-15/h2-7,9,11,14,17,22-25H,8,10,12-13H2,1H3,(H,34,38)/t14-,17?,22?,23-,24-,25+/m0/s1. The molecule has 4 aliphatic rings. The zero-order chi connectivity index (χ0) is 27.9. The van der Waals surface area contributed by atoms with E-state index >= 15 is 0 Å². The zero-order valence-corrected chi connectivity index (χ0v) is 21.6. The number of nitrogens with zero attached hydrogens (tertiary/aromatic N) is 2. The van der Waals surface area contributed by atoms with E-state index in [9.17, 15) is 27.6 Å². The van der Waals surface area contributed by atoms with Gasteiger partial charge in [0, 0.05) is 37.0 Å². The molecule has 1 N–H and O–H groups in total. The minimum atomic E-state index is -1.34. The van der Waals surface area contributed by atoms with Gasteiger partial charge in [-0.25, -0.2) is 13.2 Å². The number of pyridine rings is 1. The molecule has 3 fully saturated rings. The molecule has 7 rings (SSSR count). The van der Waals surface area contributed by atoms with Crippen molar-refractivity contribution in [2.45, 2.75) is 45.1 Å². The van der Waals surface area contributed by atoms with Crippen LogP contribution in [-0.4, -0.2) is 33.4 Å². The van der Waals surface area contributed by atoms with E-state index in [1.54, 1.807) is 4.57 Å². The van der Waals surface area contributed by atoms with Gasteiger partial charge in [-0.2, -0.15) is 0 Å². The summed E-state index contributed by atoms with van der Waals surface area (Å²) in [6.07, 6.45) is 2.31. The molecule has 2 amide bonds. The molecule has 2 unspecified atom stereocenters. The van der Waals surface area contributed by atoms with Crippen molar-refractivity contribution in [3.8, 4) is 5.75 Å². The predicted molar refractivity (Wildman–Crippen MR) is 137 cm³/mol. The number of carbonyl (C=O) groups excluding carboxylic acids is 2. The van der Waals surface area contributed by atoms with Crippen LogP contribution >= 0.6 is 0 Å². The number of aromatic nitrogens is 1. The monoisotopic (exact) mass is 549 g/mol. The Morgan fingerprint density at radius 3 is 2.55 bits per heavy atom. The number of benzene rings is 2. The summed E-state index contributed by atoms with van der Waals surface area (Å²) in [5.74, 6) is -2.89. The molecule has 1 saturated heterocycles. The van der Waals surface area contributed by atoms with Gasteiger partial charge in [0.05, 0.1) is 6.04 Å². The number of carbonyl (C=O) groups is 2. The molecule has 2 bridgehead atoms. The van der Waals surface area contributed by atoms with Gasteiger partial charge >= 0.3 is 0 Å². The molecule has 2 aliphatic heterocycles. The number of rotatable bonds is 6. The van der Waals surface area contributed by atoms with Gasteiger partial charge in [0.1, 0.15) is 18.0 Å². The highest BCUT2D eigenvalue weighted by atomic mass is 19.2. The van der Waals surface area contributed by atoms with Gasteiger partial charge in [0.2, 0.25) is 5.43 Å². The van der Waals surface area contributed by atoms with Crippen molar-refractivity contribution in [3.63, 3.8) is 0 Å². The molecule has 206 valence electrons. The number of piperidine rings is 1. The fourth-order valence-electron chi connectivity index (χ4n) is 7.41. The normalized spacial score (nSPS) is 27.2. The number of fused-ring (bicyclic) bond motifs is 9. The molecule has 2 saturated carbocycles. The second-order valence-electron chi connectivity index (χ2n) is 11.3. The third kappa shape index (κ3) is 3.68. The molecule has 40 heavy (non-hydrogen) atoms. The highest BCUT2D eigenvalue weighted by Crippen LogP contribution is 2.67. The number of hydrogen-bond acceptors (Lipinski definition) is 4. The largest absolute Gasteiger partial charge is 0.483 e. The Balaban J connectivity index is 1.24. The van der Waals surface area contributed by atoms with Crippen LogP contribution in [0.15, 0.2) is 53.5 Å². The Labute approximate surface area is 227 Å². The Morgan fingerprint density at radius 2 is 1.77 bits per heavy atom. The van der Waals surface area contributed by atoms with E-state index in [0.29, 0.717) is 42.3 Å². The molecular formula is C30H26F3N3O4. The number of halogens is 3. The van der Waals surface area contributed by atoms with E-state index in [1.165, 1.54) is 6.20 Å². The lowest BCUT2D eigenvalue weighted by Crippen LogP contribution is -2.53. The first-order valence-electron chi connectivity index (χ1n) is 13.4. The van der Waals surface area contributed by atoms with Crippen molar-refractivity contribution < 1.29 is 27.5 Å². The van der Waals surface area contributed by atoms with Crippen LogP contribution in [0.25, 0.3) is 0 Å². The quantitative estimate of drug-likeness (QED) is 0.474. The van der Waals surface area contributed by atoms with E-state index in [4.69, 9.17) is 4.74 Å². The minimum Gasteiger partial charge on any atom is -0.483 e. The third-order valence-electron chi connectivity index (χ3n) is 9.24. The van der Waals surface area contributed by atoms with Gasteiger partial charge in [0.25, 0.3) is 11.8 Å². The number of ether oxygens (including phenoxy) is 1. The van der Waals surface area contributed by atoms with Crippen LogP contribution < -0.4 is 15.5 Å². The van der Waals surface area contributed by atoms with Crippen molar-refractivity contribution >= 4 is 11.8 Å². The molecule has 0 radical (unpaired) electrons. The Kier molecular flexibility index (Phi) is 5.59. The molecule has 0 spiro atoms. The van der Waals surface area contributed by atoms with Crippen molar-refractivity contribution in [3.05, 3.63) is 98.7 Å². The highest BCUT2D eigenvalue weighted by molar-refractivity contribution is 5.99. The van der Waals surface area contributed by atoms with Crippen molar-refractivity contribution in [2.75, 3.05) is 0 Å². The Morgan fingerprint density at radius 1 is 1.02 bits per heavy atom. The van der Waals surface area contributed by atoms with E-state index in [0.717, 1.165) is 12.0 Å². The summed E-state index contributed by atoms with van der Waals surface area (Å²) in [5, 5.41) is 2.42. The van der Waals surface area contributed by atoms with Gasteiger partial charge in [0.15, 0.2) is 23.1 Å². The molecule has 2 aliphatic carbocycles. The van der Waals surface area contributed by atoms with E-state index < -0.39 is 35.3 Å². The lowest BCUT2D eigenvalue weighted by molar-refractivity contribution is 0.0462. The van der Waals surface area contributed by atoms with Crippen LogP contribution in [0.5, 0.6) is 5.75 Å². The zero-order valence-electron chi connectivity index (χ0n) is 21.6. The second-order valence-corrected chi connectivity index (χ2v) is 11.3. The predicted octanol–water partition coefficient (Wildman–Crippen LogP) is 3.88. The molecular weight excluding hydrogens is 523 g/mol. The van der Waals surface area contributed by atoms with Gasteiger partial charge in [-0.1, -0.05) is 37.3 Å². The van der Waals surface area contributed by atoms with Crippen molar-refractivity contribution in [1.29, 1.82) is 0 Å². The van der Waals surface area contributed by atoms with E-state index in [-0.39, 0.29) is 47.2 Å². The second kappa shape index (κ2) is 8.97. The van der Waals surface area contributed by atoms with Crippen LogP contribution in [0.3, 0.4) is 0 Å². The van der Waals surface area contributed by atoms with Crippen LogP contribution in [-0.2, 0) is 19.7 Å². The maximum absolute atomic E-state index is 14.1. The molecule has 6 atom stereocenters. The van der Waals surface area contributed by atoms with Crippen LogP contribution in [0.4, 0.5) is 13.2 Å². The maximum atomic E-state index is 14.1. The molecule has 1 aromatic heterocycles. The lowest BCUT2D eigenvalue weighted by atomic mass is 9.93. The Bertz CT molecular complexity index is 1620. The summed E-state index contributed by atoms with van der Waals surface area (Å²) in [7, 11) is 0. The molecule has 3 heterocycles. The summed E-state index contributed by atoms with van der Waals surface area (Å²) in [6, 6.07) is 10.3. The number of amides is 2. The first-order chi connectivity index (χ1) is 19.2. The topological polar surface area (TPSA) is 80.6 Å². The van der Waals surface area contributed by atoms with Crippen LogP contribution in [0, 0.1) is 41.1 Å². The first kappa shape index (κ1) is 24.9. The van der Waals surface area contributed by atoms with Gasteiger partial charge < -0.3 is 19.5 Å². The Hall–Kier alpha value is -4.08. The van der Waals surface area contributed by atoms with Crippen LogP contribution in [0.2, 0.25) is 0 Å². The van der Waals surface area contributed by atoms with Crippen molar-refractivity contribution in [1.82, 2.24) is 14.8 Å². The summed E-state index contributed by atoms with van der Waals surface area (Å²) in [6.45, 7) is 2.19. The van der Waals surface area contributed by atoms with Gasteiger partial charge in [-0.05, 0) is 41.7 Å². The summed E-state index contributed by atoms with van der Waals surface area (Å²) in [5.41, 5.74) is -0.416. The fraction of sp³-hybridized carbons (Fsp3) is 0.367. The van der Waals surface area contributed by atoms with Crippen LogP contribution in [0.1, 0.15) is 45.3 Å². The summed E-state index contributed by atoms with van der Waals surface area (Å²) < 4.78 is 48.7. The molecule has 3 aromatic rings. The molecule has 10 heteroatoms. The van der Waals surface area contributed by atoms with E-state index in [1.807, 2.05) is 35.2 Å². The minimum absolute atomic E-state index is 0.0126. The van der Waals surface area contributed by atoms with Crippen molar-refractivity contribution in [2.24, 2.45) is 23.7 Å². The van der Waals surface area contributed by atoms with Gasteiger partial charge in [-0.3, -0.25) is 14.4 Å². The average molecular weight is 550 g/mol. The number of hydrogen-bond donors (Lipinski definition) is 1. The maximum Gasteiger partial charge on any atom is 0.275 e. The fourth-order valence-corrected chi connectivity index (χ4v) is 7.41.